The Hall–Kier alpha value is -3.68. The lowest BCUT2D eigenvalue weighted by molar-refractivity contribution is -0.138. The van der Waals surface area contributed by atoms with Crippen LogP contribution in [-0.2, 0) is 30.8 Å². The topological polar surface area (TPSA) is 89.4 Å². The Labute approximate surface area is 199 Å². The van der Waals surface area contributed by atoms with E-state index in [0.717, 1.165) is 23.4 Å². The highest BCUT2D eigenvalue weighted by Gasteiger charge is 2.32. The molecule has 34 heavy (non-hydrogen) atoms. The first-order valence-corrected chi connectivity index (χ1v) is 11.7. The Morgan fingerprint density at radius 1 is 1.12 bits per heavy atom. The minimum atomic E-state index is -0.627. The lowest BCUT2D eigenvalue weighted by Gasteiger charge is -2.30. The Bertz CT molecular complexity index is 1130. The molecule has 2 aromatic heterocycles. The largest absolute Gasteiger partial charge is 0.481 e. The average Bonchev–Trinajstić information content (AvgIpc) is 3.20. The molecule has 2 amide bonds. The highest BCUT2D eigenvalue weighted by atomic mass is 16.5. The molecule has 8 nitrogen and oxygen atoms in total. The van der Waals surface area contributed by atoms with Crippen molar-refractivity contribution >= 4 is 11.8 Å². The van der Waals surface area contributed by atoms with Crippen LogP contribution in [0.25, 0.3) is 0 Å². The van der Waals surface area contributed by atoms with Crippen LogP contribution < -0.4 is 10.1 Å². The van der Waals surface area contributed by atoms with Crippen LogP contribution in [0.4, 0.5) is 0 Å². The Morgan fingerprint density at radius 2 is 1.91 bits per heavy atom. The molecule has 0 bridgehead atoms. The first-order valence-electron chi connectivity index (χ1n) is 11.7. The third-order valence-electron chi connectivity index (χ3n) is 5.78. The van der Waals surface area contributed by atoms with E-state index in [1.807, 2.05) is 47.1 Å². The molecule has 0 aliphatic carbocycles. The number of amides is 2. The molecule has 0 fully saturated rings. The van der Waals surface area contributed by atoms with Crippen molar-refractivity contribution in [2.45, 2.75) is 52.9 Å². The average molecular weight is 462 g/mol. The van der Waals surface area contributed by atoms with Crippen LogP contribution in [0, 0.1) is 5.92 Å². The van der Waals surface area contributed by atoms with Crippen LogP contribution in [0.3, 0.4) is 0 Å². The fraction of sp³-hybridized carbons (Fsp3) is 0.385. The lowest BCUT2D eigenvalue weighted by Crippen LogP contribution is -2.43. The number of benzene rings is 1. The summed E-state index contributed by atoms with van der Waals surface area (Å²) in [5.41, 5.74) is 3.14. The summed E-state index contributed by atoms with van der Waals surface area (Å²) < 4.78 is 7.78. The van der Waals surface area contributed by atoms with Crippen molar-refractivity contribution in [1.29, 1.82) is 0 Å². The molecule has 1 atom stereocenters. The van der Waals surface area contributed by atoms with Gasteiger partial charge < -0.3 is 15.0 Å². The standard InChI is InChI=1S/C26H31N5O3/c1-18(2)16-31-23-11-13-30(26(33)19(3)34-21-9-5-4-6-10-21)17-22(23)24(29-31)25(32)28-15-20-8-7-12-27-14-20/h4-10,12,14,18-19H,11,13,15-17H2,1-3H3,(H,28,32)/t19-/m0/s1. The summed E-state index contributed by atoms with van der Waals surface area (Å²) in [4.78, 5) is 32.1. The van der Waals surface area contributed by atoms with E-state index in [9.17, 15) is 9.59 Å². The second-order valence-electron chi connectivity index (χ2n) is 8.98. The molecule has 178 valence electrons. The highest BCUT2D eigenvalue weighted by molar-refractivity contribution is 5.94. The second-order valence-corrected chi connectivity index (χ2v) is 8.98. The fourth-order valence-electron chi connectivity index (χ4n) is 4.14. The third-order valence-corrected chi connectivity index (χ3v) is 5.78. The fourth-order valence-corrected chi connectivity index (χ4v) is 4.14. The number of fused-ring (bicyclic) bond motifs is 1. The molecule has 0 saturated carbocycles. The monoisotopic (exact) mass is 461 g/mol. The van der Waals surface area contributed by atoms with Crippen LogP contribution in [-0.4, -0.2) is 44.1 Å². The summed E-state index contributed by atoms with van der Waals surface area (Å²) in [5, 5.41) is 7.62. The van der Waals surface area contributed by atoms with Crippen LogP contribution in [0.1, 0.15) is 48.1 Å². The summed E-state index contributed by atoms with van der Waals surface area (Å²) in [6.07, 6.45) is 3.44. The van der Waals surface area contributed by atoms with E-state index in [2.05, 4.69) is 29.2 Å². The minimum Gasteiger partial charge on any atom is -0.481 e. The molecule has 3 aromatic rings. The van der Waals surface area contributed by atoms with E-state index in [4.69, 9.17) is 4.74 Å². The van der Waals surface area contributed by atoms with Gasteiger partial charge in [0.2, 0.25) is 0 Å². The van der Waals surface area contributed by atoms with E-state index in [0.29, 0.717) is 43.4 Å². The predicted molar refractivity (Wildman–Crippen MR) is 128 cm³/mol. The molecule has 1 aliphatic rings. The summed E-state index contributed by atoms with van der Waals surface area (Å²) in [6.45, 7) is 7.99. The molecule has 8 heteroatoms. The molecule has 1 aliphatic heterocycles. The van der Waals surface area contributed by atoms with Crippen molar-refractivity contribution in [2.75, 3.05) is 6.54 Å². The van der Waals surface area contributed by atoms with Crippen molar-refractivity contribution in [1.82, 2.24) is 25.0 Å². The Kier molecular flexibility index (Phi) is 7.25. The molecule has 0 radical (unpaired) electrons. The first-order chi connectivity index (χ1) is 16.4. The van der Waals surface area contributed by atoms with Crippen molar-refractivity contribution < 1.29 is 14.3 Å². The van der Waals surface area contributed by atoms with Crippen LogP contribution in [0.5, 0.6) is 5.75 Å². The maximum atomic E-state index is 13.2. The van der Waals surface area contributed by atoms with Crippen LogP contribution in [0.2, 0.25) is 0 Å². The van der Waals surface area contributed by atoms with Crippen LogP contribution in [0.15, 0.2) is 54.9 Å². The molecule has 3 heterocycles. The number of aromatic nitrogens is 3. The van der Waals surface area contributed by atoms with Gasteiger partial charge in [0, 0.05) is 56.3 Å². The zero-order valence-electron chi connectivity index (χ0n) is 19.9. The van der Waals surface area contributed by atoms with Gasteiger partial charge in [-0.25, -0.2) is 0 Å². The van der Waals surface area contributed by atoms with E-state index >= 15 is 0 Å². The number of nitrogens with one attached hydrogen (secondary N) is 1. The van der Waals surface area contributed by atoms with Gasteiger partial charge in [-0.1, -0.05) is 38.1 Å². The third kappa shape index (κ3) is 5.44. The van der Waals surface area contributed by atoms with Gasteiger partial charge in [0.1, 0.15) is 5.75 Å². The summed E-state index contributed by atoms with van der Waals surface area (Å²) in [5.74, 6) is 0.689. The molecule has 0 unspecified atom stereocenters. The van der Waals surface area contributed by atoms with Gasteiger partial charge in [-0.05, 0) is 36.6 Å². The minimum absolute atomic E-state index is 0.104. The van der Waals surface area contributed by atoms with E-state index < -0.39 is 6.10 Å². The Morgan fingerprint density at radius 3 is 2.62 bits per heavy atom. The number of carbonyl (C=O) groups excluding carboxylic acids is 2. The maximum absolute atomic E-state index is 13.2. The summed E-state index contributed by atoms with van der Waals surface area (Å²) in [7, 11) is 0. The zero-order valence-corrected chi connectivity index (χ0v) is 19.9. The summed E-state index contributed by atoms with van der Waals surface area (Å²) >= 11 is 0. The number of rotatable bonds is 8. The number of ether oxygens (including phenoxy) is 1. The Balaban J connectivity index is 1.52. The normalized spacial score (nSPS) is 13.9. The summed E-state index contributed by atoms with van der Waals surface area (Å²) in [6, 6.07) is 13.1. The predicted octanol–water partition coefficient (Wildman–Crippen LogP) is 3.22. The molecule has 1 aromatic carbocycles. The number of hydrogen-bond donors (Lipinski definition) is 1. The van der Waals surface area contributed by atoms with Gasteiger partial charge in [0.25, 0.3) is 11.8 Å². The molecular formula is C26H31N5O3. The SMILES string of the molecule is CC(C)Cn1nc(C(=O)NCc2cccnc2)c2c1CCN(C(=O)[C@H](C)Oc1ccccc1)C2. The van der Waals surface area contributed by atoms with Crippen molar-refractivity contribution in [2.24, 2.45) is 5.92 Å². The zero-order chi connectivity index (χ0) is 24.1. The van der Waals surface area contributed by atoms with Gasteiger partial charge >= 0.3 is 0 Å². The van der Waals surface area contributed by atoms with Gasteiger partial charge in [-0.2, -0.15) is 5.10 Å². The maximum Gasteiger partial charge on any atom is 0.272 e. The smallest absolute Gasteiger partial charge is 0.272 e. The van der Waals surface area contributed by atoms with E-state index in [1.165, 1.54) is 0 Å². The first kappa shape index (κ1) is 23.5. The van der Waals surface area contributed by atoms with Gasteiger partial charge in [-0.15, -0.1) is 0 Å². The highest BCUT2D eigenvalue weighted by Crippen LogP contribution is 2.25. The molecule has 0 saturated heterocycles. The van der Waals surface area contributed by atoms with Gasteiger partial charge in [0.15, 0.2) is 11.8 Å². The van der Waals surface area contributed by atoms with Crippen molar-refractivity contribution in [3.05, 3.63) is 77.4 Å². The van der Waals surface area contributed by atoms with Crippen molar-refractivity contribution in [3.8, 4) is 5.75 Å². The number of para-hydroxylation sites is 1. The number of carbonyl (C=O) groups is 2. The molecule has 1 N–H and O–H groups in total. The van der Waals surface area contributed by atoms with Gasteiger partial charge in [-0.3, -0.25) is 19.3 Å². The molecule has 0 spiro atoms. The van der Waals surface area contributed by atoms with Crippen molar-refractivity contribution in [3.63, 3.8) is 0 Å². The number of nitrogens with zero attached hydrogens (tertiary/aromatic N) is 4. The molecule has 4 rings (SSSR count). The van der Waals surface area contributed by atoms with Gasteiger partial charge in [0.05, 0.1) is 0 Å². The quantitative estimate of drug-likeness (QED) is 0.556. The second kappa shape index (κ2) is 10.5. The van der Waals surface area contributed by atoms with Crippen LogP contribution >= 0.6 is 0 Å². The van der Waals surface area contributed by atoms with E-state index in [-0.39, 0.29) is 11.8 Å². The number of pyridine rings is 1. The van der Waals surface area contributed by atoms with E-state index in [1.54, 1.807) is 24.2 Å². The lowest BCUT2D eigenvalue weighted by atomic mass is 10.0. The molecular weight excluding hydrogens is 430 g/mol. The number of hydrogen-bond acceptors (Lipinski definition) is 5.